The predicted molar refractivity (Wildman–Crippen MR) is 47.7 cm³/mol. The lowest BCUT2D eigenvalue weighted by atomic mass is 9.62. The van der Waals surface area contributed by atoms with Gasteiger partial charge in [0.25, 0.3) is 0 Å². The summed E-state index contributed by atoms with van der Waals surface area (Å²) in [7, 11) is 0. The van der Waals surface area contributed by atoms with E-state index in [1.165, 1.54) is 0 Å². The second-order valence-corrected chi connectivity index (χ2v) is 4.38. The molecule has 4 rings (SSSR count). The van der Waals surface area contributed by atoms with E-state index in [4.69, 9.17) is 15.3 Å². The zero-order valence-corrected chi connectivity index (χ0v) is 7.73. The summed E-state index contributed by atoms with van der Waals surface area (Å²) in [6, 6.07) is 4.42. The van der Waals surface area contributed by atoms with Crippen molar-refractivity contribution in [3.05, 3.63) is 11.1 Å². The van der Waals surface area contributed by atoms with E-state index in [1.807, 2.05) is 0 Å². The van der Waals surface area contributed by atoms with E-state index in [1.54, 1.807) is 0 Å². The van der Waals surface area contributed by atoms with Crippen molar-refractivity contribution in [1.29, 1.82) is 10.5 Å². The molecular formula is C11H10N2O. The largest absolute Gasteiger partial charge is 0.377 e. The smallest absolute Gasteiger partial charge is 0.0961 e. The van der Waals surface area contributed by atoms with E-state index in [2.05, 4.69) is 12.1 Å². The Hall–Kier alpha value is -1.32. The highest BCUT2D eigenvalue weighted by atomic mass is 16.5. The molecule has 0 amide bonds. The molecule has 1 aliphatic heterocycles. The van der Waals surface area contributed by atoms with Gasteiger partial charge in [-0.15, -0.1) is 0 Å². The fraction of sp³-hybridized carbons (Fsp3) is 0.636. The molecule has 4 aliphatic rings. The molecule has 3 aliphatic carbocycles. The normalized spacial score (nSPS) is 43.6. The molecule has 3 heteroatoms. The Morgan fingerprint density at radius 2 is 1.93 bits per heavy atom. The molecule has 70 valence electrons. The average Bonchev–Trinajstić information content (AvgIpc) is 2.51. The Labute approximate surface area is 82.6 Å². The Balaban J connectivity index is 2.15. The zero-order chi connectivity index (χ0) is 9.71. The van der Waals surface area contributed by atoms with Gasteiger partial charge in [-0.3, -0.25) is 0 Å². The molecule has 1 heterocycles. The molecule has 0 aromatic carbocycles. The van der Waals surface area contributed by atoms with Gasteiger partial charge in [0.15, 0.2) is 0 Å². The summed E-state index contributed by atoms with van der Waals surface area (Å²) in [5.41, 5.74) is 1.47. The third kappa shape index (κ3) is 0.786. The molecule has 1 saturated carbocycles. The maximum Gasteiger partial charge on any atom is 0.0961 e. The molecule has 4 unspecified atom stereocenters. The summed E-state index contributed by atoms with van der Waals surface area (Å²) in [6.45, 7) is 0.787. The van der Waals surface area contributed by atoms with Crippen molar-refractivity contribution in [3.63, 3.8) is 0 Å². The first-order valence-electron chi connectivity index (χ1n) is 5.01. The van der Waals surface area contributed by atoms with Crippen LogP contribution in [0.25, 0.3) is 0 Å². The van der Waals surface area contributed by atoms with Crippen LogP contribution in [-0.4, -0.2) is 12.7 Å². The maximum absolute atomic E-state index is 9.06. The topological polar surface area (TPSA) is 56.8 Å². The second-order valence-electron chi connectivity index (χ2n) is 4.38. The lowest BCUT2D eigenvalue weighted by Crippen LogP contribution is -2.38. The third-order valence-corrected chi connectivity index (χ3v) is 3.81. The standard InChI is InChI=1S/C11H10N2O/c12-3-8-6-1-7-5-14-10(2-6)11(7)9(8)4-13/h6-7,10-11H,1-2,5H2. The minimum Gasteiger partial charge on any atom is -0.377 e. The Morgan fingerprint density at radius 3 is 2.57 bits per heavy atom. The van der Waals surface area contributed by atoms with Crippen LogP contribution in [0.2, 0.25) is 0 Å². The molecule has 14 heavy (non-hydrogen) atoms. The van der Waals surface area contributed by atoms with E-state index < -0.39 is 0 Å². The zero-order valence-electron chi connectivity index (χ0n) is 7.73. The summed E-state index contributed by atoms with van der Waals surface area (Å²) in [6.07, 6.45) is 2.23. The minimum absolute atomic E-state index is 0.227. The van der Waals surface area contributed by atoms with Gasteiger partial charge in [0.05, 0.1) is 24.8 Å². The highest BCUT2D eigenvalue weighted by Crippen LogP contribution is 2.52. The summed E-state index contributed by atoms with van der Waals surface area (Å²) in [5.74, 6) is 1.04. The molecule has 0 aromatic rings. The maximum atomic E-state index is 9.06. The lowest BCUT2D eigenvalue weighted by molar-refractivity contribution is 0.0767. The molecule has 0 radical (unpaired) electrons. The van der Waals surface area contributed by atoms with E-state index in [0.29, 0.717) is 11.8 Å². The van der Waals surface area contributed by atoms with Gasteiger partial charge in [0, 0.05) is 17.1 Å². The number of ether oxygens (including phenoxy) is 1. The molecular weight excluding hydrogens is 176 g/mol. The number of hydrogen-bond acceptors (Lipinski definition) is 3. The number of hydrogen-bond donors (Lipinski definition) is 0. The number of nitrogens with zero attached hydrogens (tertiary/aromatic N) is 2. The van der Waals surface area contributed by atoms with Gasteiger partial charge in [-0.05, 0) is 24.7 Å². The van der Waals surface area contributed by atoms with Crippen LogP contribution in [0.15, 0.2) is 11.1 Å². The lowest BCUT2D eigenvalue weighted by Gasteiger charge is -2.39. The number of allylic oxidation sites excluding steroid dienone is 1. The third-order valence-electron chi connectivity index (χ3n) is 3.81. The monoisotopic (exact) mass is 186 g/mol. The highest BCUT2D eigenvalue weighted by molar-refractivity contribution is 5.46. The molecule has 0 spiro atoms. The van der Waals surface area contributed by atoms with Gasteiger partial charge in [-0.1, -0.05) is 0 Å². The van der Waals surface area contributed by atoms with Crippen LogP contribution in [0.4, 0.5) is 0 Å². The SMILES string of the molecule is N#CC1=C(C#N)C2C3COC2CC1C3. The van der Waals surface area contributed by atoms with Gasteiger partial charge in [-0.25, -0.2) is 0 Å². The van der Waals surface area contributed by atoms with Crippen molar-refractivity contribution >= 4 is 0 Å². The predicted octanol–water partition coefficient (Wildman–Crippen LogP) is 1.38. The molecule has 2 fully saturated rings. The Kier molecular flexibility index (Phi) is 1.48. The van der Waals surface area contributed by atoms with Gasteiger partial charge < -0.3 is 4.74 Å². The van der Waals surface area contributed by atoms with Crippen molar-refractivity contribution < 1.29 is 4.74 Å². The first-order chi connectivity index (χ1) is 6.85. The Morgan fingerprint density at radius 1 is 1.14 bits per heavy atom. The van der Waals surface area contributed by atoms with Crippen LogP contribution in [0.5, 0.6) is 0 Å². The van der Waals surface area contributed by atoms with Gasteiger partial charge >= 0.3 is 0 Å². The molecule has 4 bridgehead atoms. The van der Waals surface area contributed by atoms with Gasteiger partial charge in [-0.2, -0.15) is 10.5 Å². The minimum atomic E-state index is 0.227. The first-order valence-corrected chi connectivity index (χ1v) is 5.01. The number of rotatable bonds is 0. The van der Waals surface area contributed by atoms with E-state index in [-0.39, 0.29) is 12.0 Å². The molecule has 1 saturated heterocycles. The summed E-state index contributed by atoms with van der Waals surface area (Å²) in [5, 5.41) is 18.1. The first kappa shape index (κ1) is 8.03. The fourth-order valence-electron chi connectivity index (χ4n) is 3.27. The molecule has 4 atom stereocenters. The van der Waals surface area contributed by atoms with Crippen molar-refractivity contribution in [2.45, 2.75) is 18.9 Å². The summed E-state index contributed by atoms with van der Waals surface area (Å²) >= 11 is 0. The summed E-state index contributed by atoms with van der Waals surface area (Å²) < 4.78 is 5.64. The Bertz CT molecular complexity index is 384. The van der Waals surface area contributed by atoms with Crippen LogP contribution in [0, 0.1) is 40.4 Å². The summed E-state index contributed by atoms with van der Waals surface area (Å²) in [4.78, 5) is 0. The van der Waals surface area contributed by atoms with Crippen LogP contribution in [0.3, 0.4) is 0 Å². The molecule has 0 N–H and O–H groups in total. The van der Waals surface area contributed by atoms with Crippen LogP contribution in [-0.2, 0) is 4.74 Å². The van der Waals surface area contributed by atoms with E-state index in [9.17, 15) is 0 Å². The molecule has 0 aromatic heterocycles. The van der Waals surface area contributed by atoms with Gasteiger partial charge in [0.1, 0.15) is 0 Å². The van der Waals surface area contributed by atoms with Gasteiger partial charge in [0.2, 0.25) is 0 Å². The van der Waals surface area contributed by atoms with Crippen molar-refractivity contribution in [2.75, 3.05) is 6.61 Å². The quantitative estimate of drug-likeness (QED) is 0.574. The van der Waals surface area contributed by atoms with E-state index >= 15 is 0 Å². The highest BCUT2D eigenvalue weighted by Gasteiger charge is 2.51. The fourth-order valence-corrected chi connectivity index (χ4v) is 3.27. The number of nitriles is 2. The van der Waals surface area contributed by atoms with Crippen LogP contribution in [0.1, 0.15) is 12.8 Å². The van der Waals surface area contributed by atoms with Crippen LogP contribution >= 0.6 is 0 Å². The van der Waals surface area contributed by atoms with Crippen molar-refractivity contribution in [2.24, 2.45) is 17.8 Å². The second kappa shape index (κ2) is 2.59. The average molecular weight is 186 g/mol. The molecule has 3 nitrogen and oxygen atoms in total. The van der Waals surface area contributed by atoms with Crippen LogP contribution < -0.4 is 0 Å². The van der Waals surface area contributed by atoms with E-state index in [0.717, 1.165) is 30.6 Å². The van der Waals surface area contributed by atoms with Crippen molar-refractivity contribution in [1.82, 2.24) is 0 Å². The van der Waals surface area contributed by atoms with Crippen molar-refractivity contribution in [3.8, 4) is 12.1 Å².